The summed E-state index contributed by atoms with van der Waals surface area (Å²) in [5, 5.41) is 10.00. The molecule has 4 rings (SSSR count). The van der Waals surface area contributed by atoms with E-state index in [2.05, 4.69) is 27.8 Å². The summed E-state index contributed by atoms with van der Waals surface area (Å²) in [6.07, 6.45) is 4.85. The van der Waals surface area contributed by atoms with Gasteiger partial charge in [-0.25, -0.2) is 13.2 Å². The van der Waals surface area contributed by atoms with Gasteiger partial charge in [0.15, 0.2) is 9.84 Å². The SMILES string of the molecule is C=CCNC(=O)C(=O)C(I)NC(=O)[C@@H]1C2C(CN1C(=O)[C@@H](NC(=O)NC1(C3COCCS3(=O)=O)CCCCC1)C(C)(C)C)C2(C)C. The molecule has 4 fully saturated rings. The van der Waals surface area contributed by atoms with Crippen molar-refractivity contribution in [2.24, 2.45) is 22.7 Å². The van der Waals surface area contributed by atoms with Crippen molar-refractivity contribution < 1.29 is 37.1 Å². The summed E-state index contributed by atoms with van der Waals surface area (Å²) in [6, 6.07) is -2.60. The first-order valence-corrected chi connectivity index (χ1v) is 18.9. The fraction of sp³-hybridized carbons (Fsp3) is 0.774. The van der Waals surface area contributed by atoms with E-state index >= 15 is 0 Å². The second-order valence-electron chi connectivity index (χ2n) is 14.7. The summed E-state index contributed by atoms with van der Waals surface area (Å²) >= 11 is 1.69. The van der Waals surface area contributed by atoms with Crippen molar-refractivity contribution in [2.75, 3.05) is 32.1 Å². The highest BCUT2D eigenvalue weighted by Gasteiger charge is 2.70. The van der Waals surface area contributed by atoms with Gasteiger partial charge in [-0.05, 0) is 58.1 Å². The number of amides is 5. The fourth-order valence-electron chi connectivity index (χ4n) is 7.49. The molecular weight excluding hydrogens is 729 g/mol. The van der Waals surface area contributed by atoms with Gasteiger partial charge in [0.2, 0.25) is 11.8 Å². The number of piperidine rings is 1. The van der Waals surface area contributed by atoms with E-state index in [1.165, 1.54) is 11.0 Å². The van der Waals surface area contributed by atoms with Crippen LogP contribution in [0.2, 0.25) is 0 Å². The number of likely N-dealkylation sites (tertiary alicyclic amines) is 1. The van der Waals surface area contributed by atoms with E-state index in [0.717, 1.165) is 19.3 Å². The molecule has 4 unspecified atom stereocenters. The van der Waals surface area contributed by atoms with Gasteiger partial charge < -0.3 is 30.9 Å². The minimum atomic E-state index is -3.51. The maximum atomic E-state index is 14.3. The van der Waals surface area contributed by atoms with Crippen LogP contribution in [0, 0.1) is 22.7 Å². The van der Waals surface area contributed by atoms with Crippen LogP contribution >= 0.6 is 22.6 Å². The molecule has 2 saturated carbocycles. The number of halogens is 1. The highest BCUT2D eigenvalue weighted by molar-refractivity contribution is 14.1. The largest absolute Gasteiger partial charge is 0.379 e. The zero-order valence-electron chi connectivity index (χ0n) is 27.3. The molecule has 0 aromatic carbocycles. The number of rotatable bonds is 10. The number of ether oxygens (including phenoxy) is 1. The average Bonchev–Trinajstić information content (AvgIpc) is 3.28. The van der Waals surface area contributed by atoms with E-state index in [-0.39, 0.29) is 42.8 Å². The molecule has 6 atom stereocenters. The number of ketones is 1. The number of nitrogens with one attached hydrogen (secondary N) is 4. The molecule has 46 heavy (non-hydrogen) atoms. The lowest BCUT2D eigenvalue weighted by atomic mass is 9.79. The van der Waals surface area contributed by atoms with E-state index in [0.29, 0.717) is 19.4 Å². The quantitative estimate of drug-likeness (QED) is 0.0847. The molecule has 0 bridgehead atoms. The molecule has 2 aliphatic heterocycles. The first-order chi connectivity index (χ1) is 21.4. The molecule has 0 spiro atoms. The van der Waals surface area contributed by atoms with Crippen LogP contribution in [-0.4, -0.2) is 102 Å². The van der Waals surface area contributed by atoms with Gasteiger partial charge in [-0.2, -0.15) is 0 Å². The number of Topliss-reactive ketones (excluding diaryl/α,β-unsaturated/α-hetero) is 1. The molecule has 2 heterocycles. The first-order valence-electron chi connectivity index (χ1n) is 15.9. The molecule has 2 aliphatic carbocycles. The van der Waals surface area contributed by atoms with Crippen molar-refractivity contribution >= 4 is 62.0 Å². The molecule has 4 aliphatic rings. The average molecular weight is 778 g/mol. The van der Waals surface area contributed by atoms with Crippen molar-refractivity contribution in [1.29, 1.82) is 0 Å². The Bertz CT molecular complexity index is 1360. The Balaban J connectivity index is 1.53. The van der Waals surface area contributed by atoms with Gasteiger partial charge in [0.05, 0.1) is 24.5 Å². The summed E-state index contributed by atoms with van der Waals surface area (Å²) in [7, 11) is -3.51. The molecule has 0 aromatic heterocycles. The highest BCUT2D eigenvalue weighted by atomic mass is 127. The Morgan fingerprint density at radius 3 is 2.33 bits per heavy atom. The van der Waals surface area contributed by atoms with Gasteiger partial charge in [-0.3, -0.25) is 19.2 Å². The summed E-state index contributed by atoms with van der Waals surface area (Å²) in [5.41, 5.74) is -2.01. The van der Waals surface area contributed by atoms with Gasteiger partial charge in [0.1, 0.15) is 21.4 Å². The van der Waals surface area contributed by atoms with Crippen molar-refractivity contribution in [1.82, 2.24) is 26.2 Å². The number of carbonyl (C=O) groups is 5. The van der Waals surface area contributed by atoms with Crippen LogP contribution in [0.25, 0.3) is 0 Å². The second-order valence-corrected chi connectivity index (χ2v) is 18.2. The van der Waals surface area contributed by atoms with Crippen LogP contribution in [0.1, 0.15) is 66.7 Å². The smallest absolute Gasteiger partial charge is 0.315 e. The minimum Gasteiger partial charge on any atom is -0.379 e. The zero-order chi connectivity index (χ0) is 34.2. The Labute approximate surface area is 285 Å². The van der Waals surface area contributed by atoms with Gasteiger partial charge in [-0.1, -0.05) is 60.0 Å². The van der Waals surface area contributed by atoms with Gasteiger partial charge in [-0.15, -0.1) is 6.58 Å². The molecule has 5 amide bonds. The maximum absolute atomic E-state index is 14.3. The number of sulfone groups is 1. The monoisotopic (exact) mass is 777 g/mol. The molecular formula is C31H48IN5O8S. The van der Waals surface area contributed by atoms with Gasteiger partial charge in [0.25, 0.3) is 11.7 Å². The van der Waals surface area contributed by atoms with Crippen molar-refractivity contribution in [2.45, 2.75) is 93.6 Å². The number of fused-ring (bicyclic) bond motifs is 1. The van der Waals surface area contributed by atoms with Crippen molar-refractivity contribution in [3.8, 4) is 0 Å². The van der Waals surface area contributed by atoms with E-state index in [1.807, 2.05) is 34.6 Å². The molecule has 4 N–H and O–H groups in total. The number of hydrogen-bond acceptors (Lipinski definition) is 8. The lowest BCUT2D eigenvalue weighted by molar-refractivity contribution is -0.144. The molecule has 13 nitrogen and oxygen atoms in total. The topological polar surface area (TPSA) is 180 Å². The summed E-state index contributed by atoms with van der Waals surface area (Å²) in [5.74, 6) is -2.90. The summed E-state index contributed by atoms with van der Waals surface area (Å²) < 4.78 is 30.7. The Morgan fingerprint density at radius 1 is 1.09 bits per heavy atom. The van der Waals surface area contributed by atoms with Crippen molar-refractivity contribution in [3.63, 3.8) is 0 Å². The van der Waals surface area contributed by atoms with Crippen LogP contribution in [0.3, 0.4) is 0 Å². The van der Waals surface area contributed by atoms with E-state index < -0.39 is 71.7 Å². The predicted molar refractivity (Wildman–Crippen MR) is 180 cm³/mol. The van der Waals surface area contributed by atoms with Crippen molar-refractivity contribution in [3.05, 3.63) is 12.7 Å². The second kappa shape index (κ2) is 13.7. The number of carbonyl (C=O) groups excluding carboxylic acids is 5. The number of nitrogens with zero attached hydrogens (tertiary/aromatic N) is 1. The Hall–Kier alpha value is -2.27. The minimum absolute atomic E-state index is 0.00357. The lowest BCUT2D eigenvalue weighted by Gasteiger charge is -2.45. The van der Waals surface area contributed by atoms with Crippen LogP contribution < -0.4 is 21.3 Å². The van der Waals surface area contributed by atoms with Gasteiger partial charge >= 0.3 is 6.03 Å². The number of hydrogen-bond donors (Lipinski definition) is 4. The normalized spacial score (nSPS) is 28.9. The van der Waals surface area contributed by atoms with Crippen LogP contribution in [0.5, 0.6) is 0 Å². The first kappa shape index (κ1) is 36.6. The van der Waals surface area contributed by atoms with Crippen LogP contribution in [0.15, 0.2) is 12.7 Å². The molecule has 258 valence electrons. The third kappa shape index (κ3) is 7.40. The fourth-order valence-corrected chi connectivity index (χ4v) is 10.00. The molecule has 15 heteroatoms. The standard InChI is InChI=1S/C31H48IN5O8S/c1-7-13-33-26(40)22(38)24(32)35-25(39)21-20-18(30(20,5)6)16-37(21)27(41)23(29(2,3)4)34-28(42)36-31(11-9-8-10-12-31)19-17-45-14-15-46(19,43)44/h7,18-21,23-24H,1,8-17H2,2-6H3,(H,33,40)(H,35,39)(H2,34,36,42)/t18?,19?,20?,21-,23+,24?/m0/s1. The van der Waals surface area contributed by atoms with Gasteiger partial charge in [0, 0.05) is 13.1 Å². The third-order valence-corrected chi connectivity index (χ3v) is 13.3. The molecule has 0 radical (unpaired) electrons. The van der Waals surface area contributed by atoms with E-state index in [1.54, 1.807) is 22.6 Å². The van der Waals surface area contributed by atoms with E-state index in [9.17, 15) is 32.4 Å². The molecule has 2 saturated heterocycles. The number of alkyl halides is 1. The van der Waals surface area contributed by atoms with Crippen LogP contribution in [0.4, 0.5) is 4.79 Å². The van der Waals surface area contributed by atoms with E-state index in [4.69, 9.17) is 4.74 Å². The summed E-state index contributed by atoms with van der Waals surface area (Å²) in [6.45, 7) is 13.5. The Morgan fingerprint density at radius 2 is 1.74 bits per heavy atom. The lowest BCUT2D eigenvalue weighted by Crippen LogP contribution is -2.67. The molecule has 0 aromatic rings. The summed E-state index contributed by atoms with van der Waals surface area (Å²) in [4.78, 5) is 67.9. The zero-order valence-corrected chi connectivity index (χ0v) is 30.3. The predicted octanol–water partition coefficient (Wildman–Crippen LogP) is 1.45. The number of urea groups is 1. The van der Waals surface area contributed by atoms with Crippen LogP contribution in [-0.2, 0) is 33.8 Å². The highest BCUT2D eigenvalue weighted by Crippen LogP contribution is 2.65. The Kier molecular flexibility index (Phi) is 10.9. The third-order valence-electron chi connectivity index (χ3n) is 10.2. The maximum Gasteiger partial charge on any atom is 0.315 e.